The van der Waals surface area contributed by atoms with Crippen LogP contribution in [0.2, 0.25) is 0 Å². The average molecular weight is 413 g/mol. The topological polar surface area (TPSA) is 38.7 Å². The summed E-state index contributed by atoms with van der Waals surface area (Å²) >= 11 is 0. The first-order valence-corrected chi connectivity index (χ1v) is 12.2. The number of unbranched alkanes of at least 4 members (excludes halogenated alkanes) is 4. The Morgan fingerprint density at radius 2 is 1.11 bits per heavy atom. The lowest BCUT2D eigenvalue weighted by molar-refractivity contribution is 0.193. The van der Waals surface area contributed by atoms with Gasteiger partial charge in [0.15, 0.2) is 0 Å². The zero-order valence-corrected chi connectivity index (χ0v) is 20.1. The van der Waals surface area contributed by atoms with Gasteiger partial charge in [-0.15, -0.1) is 0 Å². The number of benzene rings is 1. The Morgan fingerprint density at radius 3 is 1.43 bits per heavy atom. The van der Waals surface area contributed by atoms with E-state index < -0.39 is 8.60 Å². The third-order valence-electron chi connectivity index (χ3n) is 4.68. The highest BCUT2D eigenvalue weighted by Gasteiger charge is 2.06. The third kappa shape index (κ3) is 18.9. The van der Waals surface area contributed by atoms with Crippen LogP contribution in [0, 0.1) is 25.7 Å². The van der Waals surface area contributed by atoms with Gasteiger partial charge in [-0.25, -0.2) is 0 Å². The van der Waals surface area contributed by atoms with Crippen molar-refractivity contribution in [2.75, 3.05) is 13.2 Å². The van der Waals surface area contributed by atoms with Gasteiger partial charge >= 0.3 is 8.60 Å². The second-order valence-corrected chi connectivity index (χ2v) is 9.47. The van der Waals surface area contributed by atoms with Crippen LogP contribution in [0.4, 0.5) is 0 Å². The van der Waals surface area contributed by atoms with Crippen LogP contribution < -0.4 is 0 Å². The Hall–Kier alpha value is -0.470. The largest absolute Gasteiger partial charge is 0.329 e. The van der Waals surface area contributed by atoms with Gasteiger partial charge in [0, 0.05) is 0 Å². The lowest BCUT2D eigenvalue weighted by atomic mass is 10.1. The van der Waals surface area contributed by atoms with E-state index in [1.807, 2.05) is 0 Å². The third-order valence-corrected chi connectivity index (χ3v) is 5.49. The summed E-state index contributed by atoms with van der Waals surface area (Å²) in [6.07, 6.45) is 9.45. The molecule has 28 heavy (non-hydrogen) atoms. The summed E-state index contributed by atoms with van der Waals surface area (Å²) < 4.78 is 10.6. The quantitative estimate of drug-likeness (QED) is 0.249. The summed E-state index contributed by atoms with van der Waals surface area (Å²) in [6, 6.07) is 8.36. The van der Waals surface area contributed by atoms with Crippen LogP contribution in [0.5, 0.6) is 0 Å². The van der Waals surface area contributed by atoms with Gasteiger partial charge in [0.2, 0.25) is 0 Å². The van der Waals surface area contributed by atoms with Crippen molar-refractivity contribution in [3.8, 4) is 0 Å². The van der Waals surface area contributed by atoms with Crippen LogP contribution in [-0.2, 0) is 9.05 Å². The van der Waals surface area contributed by atoms with Gasteiger partial charge in [-0.1, -0.05) is 90.5 Å². The monoisotopic (exact) mass is 412 g/mol. The van der Waals surface area contributed by atoms with Crippen LogP contribution in [0.15, 0.2) is 24.3 Å². The molecular weight excluding hydrogens is 367 g/mol. The van der Waals surface area contributed by atoms with E-state index >= 15 is 0 Å². The fraction of sp³-hybridized carbons (Fsp3) is 0.750. The van der Waals surface area contributed by atoms with Crippen molar-refractivity contribution >= 4 is 8.60 Å². The van der Waals surface area contributed by atoms with E-state index in [0.29, 0.717) is 13.2 Å². The molecule has 0 spiro atoms. The van der Waals surface area contributed by atoms with E-state index in [1.165, 1.54) is 49.7 Å². The van der Waals surface area contributed by atoms with Gasteiger partial charge in [-0.2, -0.15) is 0 Å². The Labute approximate surface area is 176 Å². The Balaban J connectivity index is 0.000000749. The first-order valence-electron chi connectivity index (χ1n) is 11.1. The van der Waals surface area contributed by atoms with Crippen LogP contribution in [0.1, 0.15) is 90.2 Å². The number of rotatable bonds is 14. The highest BCUT2D eigenvalue weighted by molar-refractivity contribution is 7.40. The first kappa shape index (κ1) is 27.5. The molecule has 0 bridgehead atoms. The van der Waals surface area contributed by atoms with Crippen LogP contribution in [0.25, 0.3) is 0 Å². The van der Waals surface area contributed by atoms with Gasteiger partial charge in [0.25, 0.3) is 0 Å². The minimum Gasteiger partial charge on any atom is -0.328 e. The zero-order valence-electron chi connectivity index (χ0n) is 19.2. The molecule has 0 fully saturated rings. The molecule has 0 heterocycles. The van der Waals surface area contributed by atoms with E-state index in [-0.39, 0.29) is 0 Å². The molecule has 1 aromatic rings. The zero-order chi connectivity index (χ0) is 21.2. The number of hydrogen-bond donors (Lipinski definition) is 1. The molecule has 1 N–H and O–H groups in total. The maximum absolute atomic E-state index is 9.56. The van der Waals surface area contributed by atoms with Gasteiger partial charge in [-0.3, -0.25) is 0 Å². The van der Waals surface area contributed by atoms with Gasteiger partial charge in [0.1, 0.15) is 0 Å². The van der Waals surface area contributed by atoms with E-state index in [9.17, 15) is 4.89 Å². The minimum absolute atomic E-state index is 0.619. The molecule has 0 radical (unpaired) electrons. The van der Waals surface area contributed by atoms with Gasteiger partial charge in [0.05, 0.1) is 13.2 Å². The predicted molar refractivity (Wildman–Crippen MR) is 124 cm³/mol. The molecule has 0 saturated heterocycles. The molecule has 0 amide bonds. The summed E-state index contributed by atoms with van der Waals surface area (Å²) in [7, 11) is -1.65. The van der Waals surface area contributed by atoms with E-state index in [1.54, 1.807) is 0 Å². The highest BCUT2D eigenvalue weighted by Crippen LogP contribution is 2.33. The first-order chi connectivity index (χ1) is 13.3. The molecule has 0 saturated carbocycles. The average Bonchev–Trinajstić information content (AvgIpc) is 2.63. The summed E-state index contributed by atoms with van der Waals surface area (Å²) in [5, 5.41) is 0. The Kier molecular flexibility index (Phi) is 18.2. The molecule has 0 aliphatic heterocycles. The summed E-state index contributed by atoms with van der Waals surface area (Å²) in [6.45, 7) is 14.5. The lowest BCUT2D eigenvalue weighted by Crippen LogP contribution is -1.96. The van der Waals surface area contributed by atoms with Crippen molar-refractivity contribution in [2.24, 2.45) is 11.8 Å². The fourth-order valence-electron chi connectivity index (χ4n) is 2.65. The lowest BCUT2D eigenvalue weighted by Gasteiger charge is -2.11. The van der Waals surface area contributed by atoms with Crippen molar-refractivity contribution in [1.82, 2.24) is 0 Å². The molecule has 0 aliphatic carbocycles. The minimum atomic E-state index is -1.65. The normalized spacial score (nSPS) is 11.2. The smallest absolute Gasteiger partial charge is 0.328 e. The van der Waals surface area contributed by atoms with Crippen molar-refractivity contribution in [1.29, 1.82) is 0 Å². The molecule has 1 aromatic carbocycles. The van der Waals surface area contributed by atoms with Crippen molar-refractivity contribution in [3.05, 3.63) is 35.4 Å². The standard InChI is InChI=1S/C16H35O3P.C8H10/c1-15(2)11-7-5-9-13-18-20(17)19-14-10-6-8-12-16(3)4;1-7-5-3-4-6-8(7)2/h15-17H,5-14H2,1-4H3;3-6H,1-2H3. The maximum Gasteiger partial charge on any atom is 0.329 e. The number of aryl methyl sites for hydroxylation is 2. The molecule has 164 valence electrons. The molecule has 0 atom stereocenters. The molecule has 3 nitrogen and oxygen atoms in total. The molecular formula is C24H45O3P. The molecule has 1 rings (SSSR count). The number of hydrogen-bond acceptors (Lipinski definition) is 3. The summed E-state index contributed by atoms with van der Waals surface area (Å²) in [4.78, 5) is 9.56. The van der Waals surface area contributed by atoms with Crippen molar-refractivity contribution < 1.29 is 13.9 Å². The molecule has 0 aliphatic rings. The van der Waals surface area contributed by atoms with E-state index in [2.05, 4.69) is 65.8 Å². The van der Waals surface area contributed by atoms with Crippen molar-refractivity contribution in [3.63, 3.8) is 0 Å². The summed E-state index contributed by atoms with van der Waals surface area (Å²) in [5.41, 5.74) is 2.74. The van der Waals surface area contributed by atoms with Crippen molar-refractivity contribution in [2.45, 2.75) is 92.9 Å². The Bertz CT molecular complexity index is 422. The van der Waals surface area contributed by atoms with Crippen LogP contribution >= 0.6 is 8.60 Å². The molecule has 0 unspecified atom stereocenters. The SMILES string of the molecule is CC(C)CCCCCOP(O)OCCCCCC(C)C.Cc1ccccc1C. The van der Waals surface area contributed by atoms with E-state index in [0.717, 1.165) is 24.7 Å². The second kappa shape index (κ2) is 18.6. The highest BCUT2D eigenvalue weighted by atomic mass is 31.2. The summed E-state index contributed by atoms with van der Waals surface area (Å²) in [5.74, 6) is 1.56. The van der Waals surface area contributed by atoms with Gasteiger partial charge < -0.3 is 13.9 Å². The molecule has 0 aromatic heterocycles. The maximum atomic E-state index is 9.56. The Morgan fingerprint density at radius 1 is 0.714 bits per heavy atom. The van der Waals surface area contributed by atoms with Gasteiger partial charge in [-0.05, 0) is 49.7 Å². The van der Waals surface area contributed by atoms with Crippen LogP contribution in [-0.4, -0.2) is 18.1 Å². The predicted octanol–water partition coefficient (Wildman–Crippen LogP) is 7.98. The fourth-order valence-corrected chi connectivity index (χ4v) is 3.29. The van der Waals surface area contributed by atoms with Crippen LogP contribution in [0.3, 0.4) is 0 Å². The van der Waals surface area contributed by atoms with E-state index in [4.69, 9.17) is 9.05 Å². The molecule has 4 heteroatoms. The second-order valence-electron chi connectivity index (χ2n) is 8.47.